The number of rotatable bonds is 3. The maximum Gasteiger partial charge on any atom is 0.239 e. The summed E-state index contributed by atoms with van der Waals surface area (Å²) in [4.78, 5) is 13.6. The number of hydrogen-bond donors (Lipinski definition) is 2. The highest BCUT2D eigenvalue weighted by Crippen LogP contribution is 2.22. The number of anilines is 1. The lowest BCUT2D eigenvalue weighted by Gasteiger charge is -2.35. The van der Waals surface area contributed by atoms with Crippen molar-refractivity contribution in [3.8, 4) is 6.07 Å². The van der Waals surface area contributed by atoms with Gasteiger partial charge in [-0.1, -0.05) is 0 Å². The lowest BCUT2D eigenvalue weighted by molar-refractivity contribution is -0.118. The van der Waals surface area contributed by atoms with Crippen LogP contribution in [-0.2, 0) is 4.79 Å². The summed E-state index contributed by atoms with van der Waals surface area (Å²) in [5, 5.41) is 13.9. The van der Waals surface area contributed by atoms with Gasteiger partial charge in [0, 0.05) is 19.1 Å². The average molecular weight is 236 g/mol. The fourth-order valence-corrected chi connectivity index (χ4v) is 2.36. The van der Waals surface area contributed by atoms with Gasteiger partial charge in [-0.3, -0.25) is 9.69 Å². The number of nitrogens with one attached hydrogen (secondary N) is 1. The molecule has 0 radical (unpaired) electrons. The highest BCUT2D eigenvalue weighted by molar-refractivity contribution is 7.14. The van der Waals surface area contributed by atoms with Crippen LogP contribution in [0.4, 0.5) is 5.00 Å². The Kier molecular flexibility index (Phi) is 3.19. The second-order valence-electron chi connectivity index (χ2n) is 3.78. The summed E-state index contributed by atoms with van der Waals surface area (Å²) in [5.74, 6) is -0.0918. The van der Waals surface area contributed by atoms with Crippen molar-refractivity contribution in [2.45, 2.75) is 6.04 Å². The highest BCUT2D eigenvalue weighted by Gasteiger charge is 2.24. The molecule has 3 N–H and O–H groups in total. The van der Waals surface area contributed by atoms with Crippen LogP contribution in [-0.4, -0.2) is 36.5 Å². The zero-order valence-corrected chi connectivity index (χ0v) is 9.46. The molecule has 1 saturated heterocycles. The Hall–Kier alpha value is -1.42. The molecule has 0 spiro atoms. The van der Waals surface area contributed by atoms with E-state index in [1.165, 1.54) is 11.3 Å². The van der Waals surface area contributed by atoms with E-state index in [1.807, 2.05) is 11.0 Å². The molecule has 5 nitrogen and oxygen atoms in total. The molecule has 0 aliphatic carbocycles. The van der Waals surface area contributed by atoms with Gasteiger partial charge in [-0.05, 0) is 11.4 Å². The van der Waals surface area contributed by atoms with Crippen LogP contribution >= 0.6 is 11.3 Å². The number of carbonyl (C=O) groups is 1. The molecular formula is C10H12N4OS. The Morgan fingerprint density at radius 2 is 2.50 bits per heavy atom. The quantitative estimate of drug-likeness (QED) is 0.785. The van der Waals surface area contributed by atoms with Crippen molar-refractivity contribution in [3.63, 3.8) is 0 Å². The van der Waals surface area contributed by atoms with Crippen molar-refractivity contribution < 1.29 is 4.79 Å². The smallest absolute Gasteiger partial charge is 0.239 e. The Bertz CT molecular complexity index is 430. The lowest BCUT2D eigenvalue weighted by Crippen LogP contribution is -2.57. The van der Waals surface area contributed by atoms with Gasteiger partial charge in [0.25, 0.3) is 0 Å². The summed E-state index contributed by atoms with van der Waals surface area (Å²) in [6, 6.07) is 3.92. The number of nitrogens with two attached hydrogens (primary N) is 1. The molecule has 1 aliphatic rings. The predicted octanol–water partition coefficient (Wildman–Crippen LogP) is 0.201. The summed E-state index contributed by atoms with van der Waals surface area (Å²) in [5.41, 5.74) is 6.12. The van der Waals surface area contributed by atoms with E-state index in [9.17, 15) is 4.79 Å². The standard InChI is InChI=1S/C10H12N4OS/c11-3-7-1-2-16-10(7)13-9(15)6-14-4-8(12)5-14/h1-2,8H,4-6,12H2,(H,13,15). The van der Waals surface area contributed by atoms with E-state index in [4.69, 9.17) is 11.0 Å². The maximum absolute atomic E-state index is 11.6. The lowest BCUT2D eigenvalue weighted by atomic mass is 10.1. The van der Waals surface area contributed by atoms with E-state index < -0.39 is 0 Å². The first-order valence-corrected chi connectivity index (χ1v) is 5.82. The molecule has 0 aromatic carbocycles. The molecule has 0 saturated carbocycles. The van der Waals surface area contributed by atoms with Gasteiger partial charge in [0.05, 0.1) is 12.1 Å². The van der Waals surface area contributed by atoms with E-state index in [1.54, 1.807) is 11.4 Å². The molecule has 0 bridgehead atoms. The average Bonchev–Trinajstić information content (AvgIpc) is 2.62. The van der Waals surface area contributed by atoms with Crippen LogP contribution in [0.3, 0.4) is 0 Å². The summed E-state index contributed by atoms with van der Waals surface area (Å²) in [6.07, 6.45) is 0. The molecule has 2 heterocycles. The van der Waals surface area contributed by atoms with E-state index in [0.717, 1.165) is 13.1 Å². The molecule has 1 aliphatic heterocycles. The summed E-state index contributed by atoms with van der Waals surface area (Å²) in [6.45, 7) is 1.88. The van der Waals surface area contributed by atoms with Gasteiger partial charge in [0.2, 0.25) is 5.91 Å². The summed E-state index contributed by atoms with van der Waals surface area (Å²) >= 11 is 1.36. The zero-order valence-electron chi connectivity index (χ0n) is 8.64. The van der Waals surface area contributed by atoms with E-state index in [-0.39, 0.29) is 11.9 Å². The molecular weight excluding hydrogens is 224 g/mol. The molecule has 1 fully saturated rings. The molecule has 16 heavy (non-hydrogen) atoms. The van der Waals surface area contributed by atoms with Crippen LogP contribution < -0.4 is 11.1 Å². The summed E-state index contributed by atoms with van der Waals surface area (Å²) in [7, 11) is 0. The molecule has 1 aromatic rings. The van der Waals surface area contributed by atoms with Gasteiger partial charge in [0.1, 0.15) is 11.1 Å². The van der Waals surface area contributed by atoms with Crippen molar-refractivity contribution in [2.24, 2.45) is 5.73 Å². The first-order valence-electron chi connectivity index (χ1n) is 4.94. The van der Waals surface area contributed by atoms with Crippen LogP contribution in [0, 0.1) is 11.3 Å². The van der Waals surface area contributed by atoms with Crippen molar-refractivity contribution in [3.05, 3.63) is 17.0 Å². The third-order valence-electron chi connectivity index (χ3n) is 2.39. The first kappa shape index (κ1) is 11.1. The Morgan fingerprint density at radius 1 is 1.75 bits per heavy atom. The molecule has 6 heteroatoms. The number of thiophene rings is 1. The van der Waals surface area contributed by atoms with Crippen molar-refractivity contribution in [2.75, 3.05) is 25.0 Å². The van der Waals surface area contributed by atoms with E-state index >= 15 is 0 Å². The van der Waals surface area contributed by atoms with Crippen LogP contribution in [0.5, 0.6) is 0 Å². The van der Waals surface area contributed by atoms with Gasteiger partial charge >= 0.3 is 0 Å². The predicted molar refractivity (Wildman–Crippen MR) is 62.1 cm³/mol. The number of nitrogens with zero attached hydrogens (tertiary/aromatic N) is 2. The Labute approximate surface area is 97.5 Å². The van der Waals surface area contributed by atoms with E-state index in [0.29, 0.717) is 17.1 Å². The number of likely N-dealkylation sites (tertiary alicyclic amines) is 1. The number of hydrogen-bond acceptors (Lipinski definition) is 5. The molecule has 1 amide bonds. The van der Waals surface area contributed by atoms with Crippen LogP contribution in [0.1, 0.15) is 5.56 Å². The Balaban J connectivity index is 1.86. The fraction of sp³-hybridized carbons (Fsp3) is 0.400. The van der Waals surface area contributed by atoms with Gasteiger partial charge in [-0.2, -0.15) is 5.26 Å². The van der Waals surface area contributed by atoms with Crippen LogP contribution in [0.2, 0.25) is 0 Å². The van der Waals surface area contributed by atoms with Crippen molar-refractivity contribution in [1.82, 2.24) is 4.90 Å². The molecule has 2 rings (SSSR count). The fourth-order valence-electron chi connectivity index (χ4n) is 1.60. The first-order chi connectivity index (χ1) is 7.69. The second kappa shape index (κ2) is 4.61. The molecule has 0 unspecified atom stereocenters. The topological polar surface area (TPSA) is 82.2 Å². The van der Waals surface area contributed by atoms with Gasteiger partial charge in [-0.15, -0.1) is 11.3 Å². The highest BCUT2D eigenvalue weighted by atomic mass is 32.1. The number of amides is 1. The largest absolute Gasteiger partial charge is 0.325 e. The second-order valence-corrected chi connectivity index (χ2v) is 4.69. The van der Waals surface area contributed by atoms with Gasteiger partial charge in [0.15, 0.2) is 0 Å². The third-order valence-corrected chi connectivity index (χ3v) is 3.22. The summed E-state index contributed by atoms with van der Waals surface area (Å²) < 4.78 is 0. The number of nitriles is 1. The monoisotopic (exact) mass is 236 g/mol. The van der Waals surface area contributed by atoms with E-state index in [2.05, 4.69) is 5.32 Å². The van der Waals surface area contributed by atoms with Crippen molar-refractivity contribution in [1.29, 1.82) is 5.26 Å². The van der Waals surface area contributed by atoms with Gasteiger partial charge in [-0.25, -0.2) is 0 Å². The zero-order chi connectivity index (χ0) is 11.5. The third kappa shape index (κ3) is 2.39. The normalized spacial score (nSPS) is 16.5. The molecule has 1 aromatic heterocycles. The Morgan fingerprint density at radius 3 is 3.12 bits per heavy atom. The minimum absolute atomic E-state index is 0.0918. The van der Waals surface area contributed by atoms with Crippen molar-refractivity contribution >= 4 is 22.2 Å². The van der Waals surface area contributed by atoms with Crippen LogP contribution in [0.25, 0.3) is 0 Å². The minimum atomic E-state index is -0.0918. The minimum Gasteiger partial charge on any atom is -0.325 e. The van der Waals surface area contributed by atoms with Gasteiger partial charge < -0.3 is 11.1 Å². The number of carbonyl (C=O) groups excluding carboxylic acids is 1. The molecule has 84 valence electrons. The van der Waals surface area contributed by atoms with Crippen LogP contribution in [0.15, 0.2) is 11.4 Å². The SMILES string of the molecule is N#Cc1ccsc1NC(=O)CN1CC(N)C1. The molecule has 0 atom stereocenters. The maximum atomic E-state index is 11.6.